The number of carboxylic acid groups (broad SMARTS) is 1. The molecule has 1 unspecified atom stereocenters. The van der Waals surface area contributed by atoms with Crippen molar-refractivity contribution < 1.29 is 9.90 Å². The van der Waals surface area contributed by atoms with Crippen molar-refractivity contribution in [2.24, 2.45) is 0 Å². The zero-order valence-electron chi connectivity index (χ0n) is 19.3. The molecule has 3 rings (SSSR count). The van der Waals surface area contributed by atoms with Gasteiger partial charge in [0, 0.05) is 36.1 Å². The van der Waals surface area contributed by atoms with Crippen LogP contribution < -0.4 is 5.32 Å². The van der Waals surface area contributed by atoms with E-state index >= 15 is 0 Å². The molecule has 1 heterocycles. The maximum absolute atomic E-state index is 12.1. The fraction of sp³-hybridized carbons (Fsp3) is 0.370. The summed E-state index contributed by atoms with van der Waals surface area (Å²) in [4.78, 5) is 12.1. The minimum atomic E-state index is -0.853. The second-order valence-corrected chi connectivity index (χ2v) is 8.65. The van der Waals surface area contributed by atoms with Crippen LogP contribution in [-0.4, -0.2) is 21.7 Å². The number of rotatable bonds is 9. The van der Waals surface area contributed by atoms with Crippen LogP contribution in [0.15, 0.2) is 48.5 Å². The molecule has 0 radical (unpaired) electrons. The summed E-state index contributed by atoms with van der Waals surface area (Å²) < 4.78 is 2.15. The zero-order valence-corrected chi connectivity index (χ0v) is 19.3. The van der Waals surface area contributed by atoms with Crippen molar-refractivity contribution in [1.82, 2.24) is 9.88 Å². The Morgan fingerprint density at radius 3 is 2.42 bits per heavy atom. The molecule has 0 amide bonds. The van der Waals surface area contributed by atoms with Gasteiger partial charge in [-0.3, -0.25) is 0 Å². The Morgan fingerprint density at radius 2 is 1.74 bits per heavy atom. The molecular formula is C27H34N2O2. The van der Waals surface area contributed by atoms with E-state index in [1.807, 2.05) is 19.9 Å². The normalized spacial score (nSPS) is 12.2. The van der Waals surface area contributed by atoms with Gasteiger partial charge in [-0.25, -0.2) is 4.79 Å². The lowest BCUT2D eigenvalue weighted by Crippen LogP contribution is -2.27. The van der Waals surface area contributed by atoms with Gasteiger partial charge in [0.25, 0.3) is 0 Å². The van der Waals surface area contributed by atoms with Gasteiger partial charge in [0.1, 0.15) is 0 Å². The summed E-state index contributed by atoms with van der Waals surface area (Å²) in [5.74, 6) is -0.853. The Balaban J connectivity index is 1.77. The van der Waals surface area contributed by atoms with Crippen LogP contribution in [0.25, 0.3) is 0 Å². The first-order valence-electron chi connectivity index (χ1n) is 11.0. The minimum Gasteiger partial charge on any atom is -0.478 e. The summed E-state index contributed by atoms with van der Waals surface area (Å²) in [6, 6.07) is 17.2. The summed E-state index contributed by atoms with van der Waals surface area (Å²) in [6.07, 6.45) is 2.01. The van der Waals surface area contributed by atoms with Gasteiger partial charge in [0.15, 0.2) is 0 Å². The second kappa shape index (κ2) is 9.97. The number of nitrogens with one attached hydrogen (secondary N) is 1. The van der Waals surface area contributed by atoms with E-state index in [4.69, 9.17) is 0 Å². The zero-order chi connectivity index (χ0) is 22.5. The number of aryl methyl sites for hydroxylation is 3. The van der Waals surface area contributed by atoms with Gasteiger partial charge in [-0.2, -0.15) is 0 Å². The fourth-order valence-corrected chi connectivity index (χ4v) is 4.23. The van der Waals surface area contributed by atoms with E-state index in [2.05, 4.69) is 73.1 Å². The highest BCUT2D eigenvalue weighted by atomic mass is 16.4. The molecule has 0 fully saturated rings. The third kappa shape index (κ3) is 5.45. The molecule has 2 aromatic carbocycles. The molecule has 0 spiro atoms. The fourth-order valence-electron chi connectivity index (χ4n) is 4.23. The summed E-state index contributed by atoms with van der Waals surface area (Å²) in [5.41, 5.74) is 8.17. The van der Waals surface area contributed by atoms with Gasteiger partial charge in [0.05, 0.1) is 5.56 Å². The molecule has 1 aromatic heterocycles. The molecular weight excluding hydrogens is 384 g/mol. The molecule has 1 atom stereocenters. The van der Waals surface area contributed by atoms with Gasteiger partial charge in [-0.1, -0.05) is 54.1 Å². The number of aromatic carboxylic acids is 1. The smallest absolute Gasteiger partial charge is 0.337 e. The molecule has 31 heavy (non-hydrogen) atoms. The highest BCUT2D eigenvalue weighted by molar-refractivity contribution is 5.91. The average molecular weight is 419 g/mol. The first kappa shape index (κ1) is 22.8. The highest BCUT2D eigenvalue weighted by Crippen LogP contribution is 2.25. The van der Waals surface area contributed by atoms with Gasteiger partial charge in [-0.05, 0) is 64.2 Å². The van der Waals surface area contributed by atoms with Crippen molar-refractivity contribution >= 4 is 5.97 Å². The van der Waals surface area contributed by atoms with Crippen molar-refractivity contribution in [3.05, 3.63) is 93.3 Å². The summed E-state index contributed by atoms with van der Waals surface area (Å²) >= 11 is 0. The van der Waals surface area contributed by atoms with Crippen molar-refractivity contribution in [3.8, 4) is 0 Å². The quantitative estimate of drug-likeness (QED) is 0.477. The topological polar surface area (TPSA) is 54.3 Å². The standard InChI is InChI=1S/C27H34N2O2/c1-18-11-12-19(2)24(15-18)17-29-21(4)25(26(22(29)5)27(30)31)16-28-20(3)13-14-23-9-7-6-8-10-23/h6-12,15,20,28H,13-14,16-17H2,1-5H3,(H,30,31). The van der Waals surface area contributed by atoms with Gasteiger partial charge in [-0.15, -0.1) is 0 Å². The van der Waals surface area contributed by atoms with Crippen molar-refractivity contribution in [1.29, 1.82) is 0 Å². The first-order chi connectivity index (χ1) is 14.8. The molecule has 3 aromatic rings. The van der Waals surface area contributed by atoms with Crippen molar-refractivity contribution in [3.63, 3.8) is 0 Å². The van der Waals surface area contributed by atoms with E-state index in [0.29, 0.717) is 24.7 Å². The Kier molecular flexibility index (Phi) is 7.34. The Bertz CT molecular complexity index is 1050. The largest absolute Gasteiger partial charge is 0.478 e. The predicted molar refractivity (Wildman–Crippen MR) is 127 cm³/mol. The Morgan fingerprint density at radius 1 is 1.03 bits per heavy atom. The van der Waals surface area contributed by atoms with E-state index in [9.17, 15) is 9.90 Å². The lowest BCUT2D eigenvalue weighted by molar-refractivity contribution is 0.0694. The molecule has 164 valence electrons. The number of nitrogens with zero attached hydrogens (tertiary/aromatic N) is 1. The Labute approximate surface area is 185 Å². The van der Waals surface area contributed by atoms with Crippen molar-refractivity contribution in [2.75, 3.05) is 0 Å². The second-order valence-electron chi connectivity index (χ2n) is 8.65. The lowest BCUT2D eigenvalue weighted by atomic mass is 10.1. The van der Waals surface area contributed by atoms with Crippen molar-refractivity contribution in [2.45, 2.75) is 66.6 Å². The van der Waals surface area contributed by atoms with Gasteiger partial charge >= 0.3 is 5.97 Å². The van der Waals surface area contributed by atoms with Crippen LogP contribution >= 0.6 is 0 Å². The number of carboxylic acids is 1. The highest BCUT2D eigenvalue weighted by Gasteiger charge is 2.23. The molecule has 4 heteroatoms. The van der Waals surface area contributed by atoms with Gasteiger partial charge in [0.2, 0.25) is 0 Å². The molecule has 0 aliphatic carbocycles. The summed E-state index contributed by atoms with van der Waals surface area (Å²) in [6.45, 7) is 11.6. The number of hydrogen-bond donors (Lipinski definition) is 2. The summed E-state index contributed by atoms with van der Waals surface area (Å²) in [7, 11) is 0. The van der Waals surface area contributed by atoms with Crippen LogP contribution in [0.4, 0.5) is 0 Å². The SMILES string of the molecule is Cc1ccc(C)c(Cn2c(C)c(CNC(C)CCc3ccccc3)c(C(=O)O)c2C)c1. The van der Waals surface area contributed by atoms with Crippen LogP contribution in [0.5, 0.6) is 0 Å². The van der Waals surface area contributed by atoms with E-state index in [0.717, 1.165) is 29.8 Å². The third-order valence-electron chi connectivity index (χ3n) is 6.29. The van der Waals surface area contributed by atoms with Crippen LogP contribution in [0.1, 0.15) is 62.9 Å². The Hall–Kier alpha value is -2.85. The molecule has 0 aliphatic heterocycles. The molecule has 4 nitrogen and oxygen atoms in total. The average Bonchev–Trinajstić information content (AvgIpc) is 2.98. The minimum absolute atomic E-state index is 0.295. The third-order valence-corrected chi connectivity index (χ3v) is 6.29. The van der Waals surface area contributed by atoms with E-state index < -0.39 is 5.97 Å². The van der Waals surface area contributed by atoms with Crippen LogP contribution in [-0.2, 0) is 19.5 Å². The molecule has 0 saturated heterocycles. The summed E-state index contributed by atoms with van der Waals surface area (Å²) in [5, 5.41) is 13.5. The monoisotopic (exact) mass is 418 g/mol. The first-order valence-corrected chi connectivity index (χ1v) is 11.0. The van der Waals surface area contributed by atoms with Gasteiger partial charge < -0.3 is 15.0 Å². The van der Waals surface area contributed by atoms with Crippen LogP contribution in [0.3, 0.4) is 0 Å². The molecule has 0 saturated carbocycles. The molecule has 0 bridgehead atoms. The number of benzene rings is 2. The van der Waals surface area contributed by atoms with Crippen LogP contribution in [0.2, 0.25) is 0 Å². The lowest BCUT2D eigenvalue weighted by Gasteiger charge is -2.15. The maximum Gasteiger partial charge on any atom is 0.337 e. The predicted octanol–water partition coefficient (Wildman–Crippen LogP) is 5.58. The number of hydrogen-bond acceptors (Lipinski definition) is 2. The number of aromatic nitrogens is 1. The van der Waals surface area contributed by atoms with Crippen LogP contribution in [0, 0.1) is 27.7 Å². The van der Waals surface area contributed by atoms with E-state index in [1.165, 1.54) is 22.3 Å². The van der Waals surface area contributed by atoms with E-state index in [1.54, 1.807) is 0 Å². The molecule has 0 aliphatic rings. The van der Waals surface area contributed by atoms with E-state index in [-0.39, 0.29) is 0 Å². The molecule has 2 N–H and O–H groups in total. The number of carbonyl (C=O) groups is 1. The maximum atomic E-state index is 12.1.